The first-order chi connectivity index (χ1) is 9.74. The van der Waals surface area contributed by atoms with E-state index in [4.69, 9.17) is 18.9 Å². The fraction of sp³-hybridized carbons (Fsp3) is 0.600. The maximum atomic E-state index is 5.51. The number of benzene rings is 1. The van der Waals surface area contributed by atoms with Crippen molar-refractivity contribution in [3.63, 3.8) is 0 Å². The number of hydrogen-bond donors (Lipinski definition) is 1. The molecule has 5 heteroatoms. The van der Waals surface area contributed by atoms with E-state index < -0.39 is 0 Å². The lowest BCUT2D eigenvalue weighted by molar-refractivity contribution is 0.0660. The van der Waals surface area contributed by atoms with Gasteiger partial charge in [-0.3, -0.25) is 0 Å². The molecule has 0 aliphatic carbocycles. The molecule has 0 radical (unpaired) electrons. The van der Waals surface area contributed by atoms with E-state index in [-0.39, 0.29) is 6.04 Å². The summed E-state index contributed by atoms with van der Waals surface area (Å²) < 4.78 is 21.0. The normalized spacial score (nSPS) is 12.2. The van der Waals surface area contributed by atoms with Crippen LogP contribution in [-0.2, 0) is 9.47 Å². The molecule has 5 nitrogen and oxygen atoms in total. The Morgan fingerprint density at radius 1 is 0.950 bits per heavy atom. The highest BCUT2D eigenvalue weighted by Crippen LogP contribution is 2.27. The van der Waals surface area contributed by atoms with Gasteiger partial charge < -0.3 is 24.3 Å². The van der Waals surface area contributed by atoms with Crippen LogP contribution in [0.3, 0.4) is 0 Å². The molecule has 1 rings (SSSR count). The highest BCUT2D eigenvalue weighted by atomic mass is 16.5. The Kier molecular flexibility index (Phi) is 8.02. The van der Waals surface area contributed by atoms with E-state index in [1.54, 1.807) is 21.3 Å². The Bertz CT molecular complexity index is 362. The molecular weight excluding hydrogens is 258 g/mol. The molecule has 0 heterocycles. The van der Waals surface area contributed by atoms with Gasteiger partial charge in [0.25, 0.3) is 0 Å². The van der Waals surface area contributed by atoms with Gasteiger partial charge in [-0.15, -0.1) is 0 Å². The SMILES string of the molecule is CNC(CCOCCOC)c1cc(OC)cc(OC)c1. The van der Waals surface area contributed by atoms with E-state index in [9.17, 15) is 0 Å². The lowest BCUT2D eigenvalue weighted by Gasteiger charge is -2.18. The summed E-state index contributed by atoms with van der Waals surface area (Å²) in [5, 5.41) is 3.29. The molecule has 0 bridgehead atoms. The molecule has 20 heavy (non-hydrogen) atoms. The summed E-state index contributed by atoms with van der Waals surface area (Å²) >= 11 is 0. The summed E-state index contributed by atoms with van der Waals surface area (Å²) in [5.41, 5.74) is 1.12. The van der Waals surface area contributed by atoms with E-state index in [1.807, 2.05) is 25.2 Å². The van der Waals surface area contributed by atoms with Gasteiger partial charge in [-0.25, -0.2) is 0 Å². The minimum absolute atomic E-state index is 0.196. The third-order valence-electron chi connectivity index (χ3n) is 3.11. The highest BCUT2D eigenvalue weighted by molar-refractivity contribution is 5.39. The summed E-state index contributed by atoms with van der Waals surface area (Å²) in [6.45, 7) is 1.92. The smallest absolute Gasteiger partial charge is 0.122 e. The van der Waals surface area contributed by atoms with Crippen molar-refractivity contribution in [1.29, 1.82) is 0 Å². The molecule has 1 unspecified atom stereocenters. The molecule has 0 spiro atoms. The number of nitrogens with one attached hydrogen (secondary N) is 1. The lowest BCUT2D eigenvalue weighted by Crippen LogP contribution is -2.19. The van der Waals surface area contributed by atoms with E-state index in [0.29, 0.717) is 19.8 Å². The second kappa shape index (κ2) is 9.58. The average molecular weight is 283 g/mol. The van der Waals surface area contributed by atoms with E-state index in [2.05, 4.69) is 5.32 Å². The zero-order valence-electron chi connectivity index (χ0n) is 12.8. The predicted molar refractivity (Wildman–Crippen MR) is 78.7 cm³/mol. The largest absolute Gasteiger partial charge is 0.497 e. The van der Waals surface area contributed by atoms with E-state index in [0.717, 1.165) is 23.5 Å². The van der Waals surface area contributed by atoms with Crippen molar-refractivity contribution in [3.8, 4) is 11.5 Å². The molecule has 0 saturated carbocycles. The fourth-order valence-electron chi connectivity index (χ4n) is 1.95. The molecule has 0 aliphatic rings. The molecule has 114 valence electrons. The van der Waals surface area contributed by atoms with Gasteiger partial charge in [-0.05, 0) is 31.2 Å². The van der Waals surface area contributed by atoms with Crippen LogP contribution in [0, 0.1) is 0 Å². The molecule has 0 fully saturated rings. The molecule has 1 N–H and O–H groups in total. The molecule has 0 aliphatic heterocycles. The van der Waals surface area contributed by atoms with Crippen LogP contribution in [0.5, 0.6) is 11.5 Å². The second-order valence-corrected chi connectivity index (χ2v) is 4.38. The van der Waals surface area contributed by atoms with Crippen molar-refractivity contribution in [1.82, 2.24) is 5.32 Å². The zero-order valence-corrected chi connectivity index (χ0v) is 12.8. The van der Waals surface area contributed by atoms with Gasteiger partial charge in [-0.1, -0.05) is 0 Å². The first kappa shape index (κ1) is 16.8. The minimum atomic E-state index is 0.196. The van der Waals surface area contributed by atoms with Crippen LogP contribution in [0.25, 0.3) is 0 Å². The van der Waals surface area contributed by atoms with E-state index >= 15 is 0 Å². The number of ether oxygens (including phenoxy) is 4. The highest BCUT2D eigenvalue weighted by Gasteiger charge is 2.12. The topological polar surface area (TPSA) is 49.0 Å². The molecule has 1 aromatic carbocycles. The molecular formula is C15H25NO4. The molecule has 1 atom stereocenters. The monoisotopic (exact) mass is 283 g/mol. The average Bonchev–Trinajstić information content (AvgIpc) is 2.50. The van der Waals surface area contributed by atoms with Crippen LogP contribution in [0.4, 0.5) is 0 Å². The maximum Gasteiger partial charge on any atom is 0.122 e. The number of rotatable bonds is 10. The maximum absolute atomic E-state index is 5.51. The van der Waals surface area contributed by atoms with Crippen LogP contribution in [-0.4, -0.2) is 48.2 Å². The standard InChI is InChI=1S/C15H25NO4/c1-16-15(5-6-20-8-7-17-2)12-9-13(18-3)11-14(10-12)19-4/h9-11,15-16H,5-8H2,1-4H3. The Hall–Kier alpha value is -1.30. The molecule has 0 aromatic heterocycles. The predicted octanol–water partition coefficient (Wildman–Crippen LogP) is 2.02. The van der Waals surface area contributed by atoms with Crippen LogP contribution in [0.15, 0.2) is 18.2 Å². The number of methoxy groups -OCH3 is 3. The van der Waals surface area contributed by atoms with Crippen LogP contribution in [0.2, 0.25) is 0 Å². The van der Waals surface area contributed by atoms with Gasteiger partial charge in [0.15, 0.2) is 0 Å². The second-order valence-electron chi connectivity index (χ2n) is 4.38. The summed E-state index contributed by atoms with van der Waals surface area (Å²) in [7, 11) is 6.91. The Morgan fingerprint density at radius 3 is 2.10 bits per heavy atom. The van der Waals surface area contributed by atoms with Crippen LogP contribution < -0.4 is 14.8 Å². The lowest BCUT2D eigenvalue weighted by atomic mass is 10.0. The molecule has 0 amide bonds. The first-order valence-electron chi connectivity index (χ1n) is 6.72. The summed E-state index contributed by atoms with van der Waals surface area (Å²) in [6, 6.07) is 6.09. The zero-order chi connectivity index (χ0) is 14.8. The van der Waals surface area contributed by atoms with Crippen molar-refractivity contribution in [2.45, 2.75) is 12.5 Å². The summed E-state index contributed by atoms with van der Waals surface area (Å²) in [6.07, 6.45) is 0.872. The third kappa shape index (κ3) is 5.36. The summed E-state index contributed by atoms with van der Waals surface area (Å²) in [4.78, 5) is 0. The fourth-order valence-corrected chi connectivity index (χ4v) is 1.95. The van der Waals surface area contributed by atoms with Gasteiger partial charge in [-0.2, -0.15) is 0 Å². The number of hydrogen-bond acceptors (Lipinski definition) is 5. The van der Waals surface area contributed by atoms with Crippen molar-refractivity contribution >= 4 is 0 Å². The first-order valence-corrected chi connectivity index (χ1v) is 6.72. The van der Waals surface area contributed by atoms with Gasteiger partial charge in [0.2, 0.25) is 0 Å². The van der Waals surface area contributed by atoms with Gasteiger partial charge >= 0.3 is 0 Å². The molecule has 0 saturated heterocycles. The van der Waals surface area contributed by atoms with Gasteiger partial charge in [0.05, 0.1) is 27.4 Å². The van der Waals surface area contributed by atoms with Crippen molar-refractivity contribution < 1.29 is 18.9 Å². The Balaban J connectivity index is 2.63. The minimum Gasteiger partial charge on any atom is -0.497 e. The van der Waals surface area contributed by atoms with Crippen molar-refractivity contribution in [3.05, 3.63) is 23.8 Å². The van der Waals surface area contributed by atoms with Crippen molar-refractivity contribution in [2.24, 2.45) is 0 Å². The van der Waals surface area contributed by atoms with Crippen LogP contribution >= 0.6 is 0 Å². The van der Waals surface area contributed by atoms with Crippen molar-refractivity contribution in [2.75, 3.05) is 48.2 Å². The van der Waals surface area contributed by atoms with Crippen LogP contribution in [0.1, 0.15) is 18.0 Å². The van der Waals surface area contributed by atoms with Gasteiger partial charge in [0.1, 0.15) is 11.5 Å². The third-order valence-corrected chi connectivity index (χ3v) is 3.11. The Labute approximate surface area is 121 Å². The summed E-state index contributed by atoms with van der Waals surface area (Å²) in [5.74, 6) is 1.58. The van der Waals surface area contributed by atoms with E-state index in [1.165, 1.54) is 0 Å². The molecule has 1 aromatic rings. The van der Waals surface area contributed by atoms with Gasteiger partial charge in [0, 0.05) is 25.8 Å². The Morgan fingerprint density at radius 2 is 1.60 bits per heavy atom. The quantitative estimate of drug-likeness (QED) is 0.666.